The van der Waals surface area contributed by atoms with E-state index in [0.29, 0.717) is 0 Å². The van der Waals surface area contributed by atoms with Crippen LogP contribution in [0.1, 0.15) is 22.9 Å². The van der Waals surface area contributed by atoms with Crippen LogP contribution in [0, 0.1) is 13.8 Å². The van der Waals surface area contributed by atoms with Crippen LogP contribution in [0.2, 0.25) is 5.02 Å². The predicted octanol–water partition coefficient (Wildman–Crippen LogP) is 7.26. The van der Waals surface area contributed by atoms with Crippen LogP contribution in [0.25, 0.3) is 22.5 Å². The molecule has 0 N–H and O–H groups in total. The lowest BCUT2D eigenvalue weighted by Gasteiger charge is -2.10. The van der Waals surface area contributed by atoms with Crippen LogP contribution in [0.5, 0.6) is 0 Å². The largest absolute Gasteiger partial charge is 0.302 e. The van der Waals surface area contributed by atoms with Gasteiger partial charge in [0.1, 0.15) is 0 Å². The summed E-state index contributed by atoms with van der Waals surface area (Å²) in [5.41, 5.74) is 6.12. The Bertz CT molecular complexity index is 1110. The van der Waals surface area contributed by atoms with Gasteiger partial charge < -0.3 is 4.57 Å². The van der Waals surface area contributed by atoms with Gasteiger partial charge >= 0.3 is 0 Å². The van der Waals surface area contributed by atoms with E-state index in [-0.39, 0.29) is 0 Å². The molecule has 148 valence electrons. The molecule has 0 spiro atoms. The lowest BCUT2D eigenvalue weighted by molar-refractivity contribution is 0.687. The number of nitrogens with zero attached hydrogens (tertiary/aromatic N) is 3. The molecule has 0 saturated heterocycles. The van der Waals surface area contributed by atoms with Gasteiger partial charge in [0.25, 0.3) is 0 Å². The van der Waals surface area contributed by atoms with E-state index in [1.54, 1.807) is 23.1 Å². The van der Waals surface area contributed by atoms with E-state index in [9.17, 15) is 0 Å². The fourth-order valence-electron chi connectivity index (χ4n) is 3.31. The van der Waals surface area contributed by atoms with Crippen molar-refractivity contribution in [1.82, 2.24) is 14.8 Å². The minimum Gasteiger partial charge on any atom is -0.302 e. The van der Waals surface area contributed by atoms with E-state index in [4.69, 9.17) is 11.6 Å². The Morgan fingerprint density at radius 3 is 2.41 bits per heavy atom. The Morgan fingerprint density at radius 1 is 1.00 bits per heavy atom. The zero-order valence-electron chi connectivity index (χ0n) is 16.6. The van der Waals surface area contributed by atoms with Crippen molar-refractivity contribution in [3.63, 3.8) is 0 Å². The van der Waals surface area contributed by atoms with E-state index in [0.717, 1.165) is 33.9 Å². The highest BCUT2D eigenvalue weighted by atomic mass is 35.5. The molecule has 0 radical (unpaired) electrons. The van der Waals surface area contributed by atoms with Gasteiger partial charge in [-0.15, -0.1) is 21.5 Å². The molecule has 3 nitrogen and oxygen atoms in total. The molecule has 0 amide bonds. The number of benzene rings is 2. The summed E-state index contributed by atoms with van der Waals surface area (Å²) >= 11 is 9.46. The first-order valence-corrected chi connectivity index (χ1v) is 11.8. The highest BCUT2D eigenvalue weighted by Crippen LogP contribution is 2.39. The molecule has 0 aliphatic heterocycles. The SMILES string of the molecule is CCn1c(SCc2ccc(Cl)cc2)nnc1-c1csc(C)c1-c1ccc(C)cc1. The number of thiophene rings is 1. The zero-order chi connectivity index (χ0) is 20.4. The Morgan fingerprint density at radius 2 is 1.72 bits per heavy atom. The third kappa shape index (κ3) is 4.27. The standard InChI is InChI=1S/C23H22ClN3S2/c1-4-27-22(25-26-23(27)29-13-17-7-11-19(24)12-8-17)20-14-28-16(3)21(20)18-9-5-15(2)6-10-18/h5-12,14H,4,13H2,1-3H3. The number of aromatic nitrogens is 3. The van der Waals surface area contributed by atoms with E-state index in [1.807, 2.05) is 12.1 Å². The monoisotopic (exact) mass is 439 g/mol. The first-order valence-electron chi connectivity index (χ1n) is 9.52. The summed E-state index contributed by atoms with van der Waals surface area (Å²) in [6.45, 7) is 7.26. The van der Waals surface area contributed by atoms with Gasteiger partial charge in [-0.1, -0.05) is 65.3 Å². The van der Waals surface area contributed by atoms with Gasteiger partial charge in [0.05, 0.1) is 0 Å². The molecular weight excluding hydrogens is 418 g/mol. The van der Waals surface area contributed by atoms with Crippen LogP contribution in [0.3, 0.4) is 0 Å². The quantitative estimate of drug-likeness (QED) is 0.296. The highest BCUT2D eigenvalue weighted by molar-refractivity contribution is 7.98. The number of thioether (sulfide) groups is 1. The molecule has 0 saturated carbocycles. The number of aryl methyl sites for hydroxylation is 2. The molecule has 0 aliphatic rings. The first kappa shape index (κ1) is 20.2. The van der Waals surface area contributed by atoms with Crippen LogP contribution < -0.4 is 0 Å². The van der Waals surface area contributed by atoms with Crippen LogP contribution in [0.4, 0.5) is 0 Å². The molecule has 0 atom stereocenters. The van der Waals surface area contributed by atoms with E-state index in [1.165, 1.54) is 27.1 Å². The smallest absolute Gasteiger partial charge is 0.191 e. The van der Waals surface area contributed by atoms with Gasteiger partial charge in [0.2, 0.25) is 0 Å². The molecule has 0 bridgehead atoms. The average Bonchev–Trinajstić information content (AvgIpc) is 3.31. The summed E-state index contributed by atoms with van der Waals surface area (Å²) in [5, 5.41) is 13.0. The van der Waals surface area contributed by atoms with Crippen LogP contribution >= 0.6 is 34.7 Å². The van der Waals surface area contributed by atoms with Gasteiger partial charge in [-0.05, 0) is 44.0 Å². The van der Waals surface area contributed by atoms with Gasteiger partial charge in [-0.25, -0.2) is 0 Å². The van der Waals surface area contributed by atoms with Gasteiger partial charge in [0, 0.05) is 38.7 Å². The summed E-state index contributed by atoms with van der Waals surface area (Å²) in [4.78, 5) is 1.30. The highest BCUT2D eigenvalue weighted by Gasteiger charge is 2.20. The van der Waals surface area contributed by atoms with Crippen molar-refractivity contribution in [2.24, 2.45) is 0 Å². The molecule has 4 rings (SSSR count). The molecule has 29 heavy (non-hydrogen) atoms. The molecule has 4 aromatic rings. The average molecular weight is 440 g/mol. The third-order valence-corrected chi connectivity index (χ3v) is 7.07. The van der Waals surface area contributed by atoms with Crippen molar-refractivity contribution >= 4 is 34.7 Å². The summed E-state index contributed by atoms with van der Waals surface area (Å²) in [6, 6.07) is 16.7. The summed E-state index contributed by atoms with van der Waals surface area (Å²) in [5.74, 6) is 1.77. The van der Waals surface area contributed by atoms with Gasteiger partial charge in [-0.2, -0.15) is 0 Å². The van der Waals surface area contributed by atoms with Crippen LogP contribution in [-0.4, -0.2) is 14.8 Å². The Hall–Kier alpha value is -2.08. The minimum atomic E-state index is 0.759. The summed E-state index contributed by atoms with van der Waals surface area (Å²) in [7, 11) is 0. The van der Waals surface area contributed by atoms with Crippen molar-refractivity contribution in [3.8, 4) is 22.5 Å². The Balaban J connectivity index is 1.66. The topological polar surface area (TPSA) is 30.7 Å². The minimum absolute atomic E-state index is 0.759. The number of hydrogen-bond donors (Lipinski definition) is 0. The number of halogens is 1. The molecule has 0 unspecified atom stereocenters. The van der Waals surface area contributed by atoms with Crippen LogP contribution in [0.15, 0.2) is 59.1 Å². The zero-order valence-corrected chi connectivity index (χ0v) is 19.0. The van der Waals surface area contributed by atoms with E-state index in [2.05, 4.69) is 77.3 Å². The summed E-state index contributed by atoms with van der Waals surface area (Å²) in [6.07, 6.45) is 0. The van der Waals surface area contributed by atoms with E-state index < -0.39 is 0 Å². The van der Waals surface area contributed by atoms with Crippen molar-refractivity contribution < 1.29 is 0 Å². The normalized spacial score (nSPS) is 11.2. The fraction of sp³-hybridized carbons (Fsp3) is 0.217. The molecule has 6 heteroatoms. The second-order valence-electron chi connectivity index (χ2n) is 6.91. The maximum atomic E-state index is 5.99. The van der Waals surface area contributed by atoms with Crippen molar-refractivity contribution in [2.45, 2.75) is 38.2 Å². The molecule has 0 fully saturated rings. The maximum Gasteiger partial charge on any atom is 0.191 e. The van der Waals surface area contributed by atoms with Crippen molar-refractivity contribution in [2.75, 3.05) is 0 Å². The molecule has 2 aromatic heterocycles. The predicted molar refractivity (Wildman–Crippen MR) is 125 cm³/mol. The summed E-state index contributed by atoms with van der Waals surface area (Å²) < 4.78 is 2.21. The first-order chi connectivity index (χ1) is 14.1. The maximum absolute atomic E-state index is 5.99. The van der Waals surface area contributed by atoms with Crippen molar-refractivity contribution in [1.29, 1.82) is 0 Å². The lowest BCUT2D eigenvalue weighted by atomic mass is 10.0. The lowest BCUT2D eigenvalue weighted by Crippen LogP contribution is -2.00. The number of rotatable bonds is 6. The van der Waals surface area contributed by atoms with E-state index >= 15 is 0 Å². The van der Waals surface area contributed by atoms with Crippen LogP contribution in [-0.2, 0) is 12.3 Å². The van der Waals surface area contributed by atoms with Gasteiger partial charge in [0.15, 0.2) is 11.0 Å². The Kier molecular flexibility index (Phi) is 6.09. The molecule has 0 aliphatic carbocycles. The van der Waals surface area contributed by atoms with Gasteiger partial charge in [-0.3, -0.25) is 0 Å². The Labute approximate surface area is 184 Å². The third-order valence-electron chi connectivity index (χ3n) is 4.87. The number of hydrogen-bond acceptors (Lipinski definition) is 4. The molecule has 2 aromatic carbocycles. The molecule has 2 heterocycles. The second-order valence-corrected chi connectivity index (χ2v) is 9.37. The fourth-order valence-corrected chi connectivity index (χ4v) is 5.25. The van der Waals surface area contributed by atoms with Crippen molar-refractivity contribution in [3.05, 3.63) is 74.9 Å². The molecular formula is C23H22ClN3S2. The second kappa shape index (κ2) is 8.74.